The minimum absolute atomic E-state index is 0.0555. The SMILES string of the molecule is O=C1Nc2ccc([N+](=O)[O-])cc2C1=C(Nc1ccc(CC2CCCN2)cc1)c1ccccc1. The van der Waals surface area contributed by atoms with Crippen molar-refractivity contribution in [3.63, 3.8) is 0 Å². The minimum Gasteiger partial charge on any atom is -0.354 e. The highest BCUT2D eigenvalue weighted by Crippen LogP contribution is 2.39. The second kappa shape index (κ2) is 8.88. The molecule has 0 spiro atoms. The molecule has 3 aromatic carbocycles. The van der Waals surface area contributed by atoms with E-state index in [-0.39, 0.29) is 11.6 Å². The van der Waals surface area contributed by atoms with Crippen LogP contribution in [0.25, 0.3) is 11.3 Å². The van der Waals surface area contributed by atoms with E-state index < -0.39 is 4.92 Å². The number of anilines is 2. The van der Waals surface area contributed by atoms with Crippen LogP contribution in [0.1, 0.15) is 29.5 Å². The second-order valence-corrected chi connectivity index (χ2v) is 8.38. The zero-order chi connectivity index (χ0) is 22.8. The summed E-state index contributed by atoms with van der Waals surface area (Å²) in [4.78, 5) is 23.9. The number of nitrogens with one attached hydrogen (secondary N) is 3. The van der Waals surface area contributed by atoms with Crippen molar-refractivity contribution in [1.82, 2.24) is 5.32 Å². The maximum Gasteiger partial charge on any atom is 0.270 e. The summed E-state index contributed by atoms with van der Waals surface area (Å²) in [5.41, 5.74) is 4.95. The second-order valence-electron chi connectivity index (χ2n) is 8.38. The number of hydrogen-bond acceptors (Lipinski definition) is 5. The summed E-state index contributed by atoms with van der Waals surface area (Å²) >= 11 is 0. The molecule has 166 valence electrons. The normalized spacial score (nSPS) is 18.5. The number of nitro groups is 1. The van der Waals surface area contributed by atoms with Gasteiger partial charge in [0.25, 0.3) is 11.6 Å². The van der Waals surface area contributed by atoms with Crippen molar-refractivity contribution in [3.8, 4) is 0 Å². The third kappa shape index (κ3) is 4.36. The van der Waals surface area contributed by atoms with E-state index in [4.69, 9.17) is 0 Å². The molecule has 2 aliphatic rings. The van der Waals surface area contributed by atoms with Gasteiger partial charge in [0, 0.05) is 35.1 Å². The van der Waals surface area contributed by atoms with Crippen LogP contribution in [-0.4, -0.2) is 23.4 Å². The summed E-state index contributed by atoms with van der Waals surface area (Å²) in [6.45, 7) is 1.08. The fourth-order valence-corrected chi connectivity index (χ4v) is 4.48. The number of carbonyl (C=O) groups is 1. The Morgan fingerprint density at radius 2 is 1.85 bits per heavy atom. The van der Waals surface area contributed by atoms with Crippen molar-refractivity contribution in [2.45, 2.75) is 25.3 Å². The van der Waals surface area contributed by atoms with Crippen LogP contribution in [0.5, 0.6) is 0 Å². The van der Waals surface area contributed by atoms with Gasteiger partial charge in [-0.25, -0.2) is 0 Å². The smallest absolute Gasteiger partial charge is 0.270 e. The number of nitrogens with zero attached hydrogens (tertiary/aromatic N) is 1. The predicted octanol–water partition coefficient (Wildman–Crippen LogP) is 4.82. The Bertz CT molecular complexity index is 1230. The summed E-state index contributed by atoms with van der Waals surface area (Å²) in [6.07, 6.45) is 3.41. The molecule has 1 unspecified atom stereocenters. The first-order chi connectivity index (χ1) is 16.1. The van der Waals surface area contributed by atoms with Gasteiger partial charge in [-0.15, -0.1) is 0 Å². The predicted molar refractivity (Wildman–Crippen MR) is 130 cm³/mol. The van der Waals surface area contributed by atoms with Crippen molar-refractivity contribution >= 4 is 34.2 Å². The average molecular weight is 441 g/mol. The summed E-state index contributed by atoms with van der Waals surface area (Å²) in [5, 5.41) is 21.1. The van der Waals surface area contributed by atoms with E-state index in [1.807, 2.05) is 42.5 Å². The van der Waals surface area contributed by atoms with E-state index in [0.29, 0.717) is 28.6 Å². The zero-order valence-corrected chi connectivity index (χ0v) is 18.0. The van der Waals surface area contributed by atoms with Crippen LogP contribution in [0.2, 0.25) is 0 Å². The number of hydrogen-bond donors (Lipinski definition) is 3. The number of nitro benzene ring substituents is 1. The summed E-state index contributed by atoms with van der Waals surface area (Å²) in [7, 11) is 0. The van der Waals surface area contributed by atoms with Crippen molar-refractivity contribution in [2.75, 3.05) is 17.2 Å². The topological polar surface area (TPSA) is 96.3 Å². The molecule has 0 aromatic heterocycles. The van der Waals surface area contributed by atoms with Gasteiger partial charge in [0.15, 0.2) is 0 Å². The standard InChI is InChI=1S/C26H24N4O3/c31-26-24(22-16-21(30(32)33)12-13-23(22)29-26)25(18-5-2-1-3-6-18)28-19-10-8-17(9-11-19)15-20-7-4-14-27-20/h1-3,5-6,8-13,16,20,27-28H,4,7,14-15H2,(H,29,31). The van der Waals surface area contributed by atoms with E-state index in [2.05, 4.69) is 28.1 Å². The molecule has 0 saturated carbocycles. The van der Waals surface area contributed by atoms with Crippen molar-refractivity contribution in [2.24, 2.45) is 0 Å². The highest BCUT2D eigenvalue weighted by Gasteiger charge is 2.30. The van der Waals surface area contributed by atoms with Gasteiger partial charge in [-0.05, 0) is 55.1 Å². The molecule has 1 fully saturated rings. The maximum atomic E-state index is 13.0. The Labute approximate surface area is 191 Å². The number of non-ortho nitro benzene ring substituents is 1. The first kappa shape index (κ1) is 20.9. The first-order valence-corrected chi connectivity index (χ1v) is 11.1. The molecule has 7 heteroatoms. The van der Waals surface area contributed by atoms with Gasteiger partial charge < -0.3 is 16.0 Å². The van der Waals surface area contributed by atoms with Gasteiger partial charge in [-0.2, -0.15) is 0 Å². The summed E-state index contributed by atoms with van der Waals surface area (Å²) in [6, 6.07) is 22.7. The number of carbonyl (C=O) groups excluding carboxylic acids is 1. The van der Waals surface area contributed by atoms with Crippen LogP contribution in [0, 0.1) is 10.1 Å². The minimum atomic E-state index is -0.450. The molecular weight excluding hydrogens is 416 g/mol. The molecule has 0 bridgehead atoms. The van der Waals surface area contributed by atoms with E-state index in [0.717, 1.165) is 24.2 Å². The molecule has 7 nitrogen and oxygen atoms in total. The Hall–Kier alpha value is -3.97. The first-order valence-electron chi connectivity index (χ1n) is 11.1. The van der Waals surface area contributed by atoms with E-state index in [9.17, 15) is 14.9 Å². The molecule has 2 aliphatic heterocycles. The van der Waals surface area contributed by atoms with E-state index in [1.54, 1.807) is 6.07 Å². The highest BCUT2D eigenvalue weighted by molar-refractivity contribution is 6.37. The quantitative estimate of drug-likeness (QED) is 0.290. The number of fused-ring (bicyclic) bond motifs is 1. The maximum absolute atomic E-state index is 13.0. The largest absolute Gasteiger partial charge is 0.354 e. The fraction of sp³-hybridized carbons (Fsp3) is 0.192. The summed E-state index contributed by atoms with van der Waals surface area (Å²) < 4.78 is 0. The van der Waals surface area contributed by atoms with Crippen molar-refractivity contribution in [1.29, 1.82) is 0 Å². The van der Waals surface area contributed by atoms with Crippen LogP contribution < -0.4 is 16.0 Å². The Kier molecular flexibility index (Phi) is 5.62. The van der Waals surface area contributed by atoms with Gasteiger partial charge in [-0.3, -0.25) is 14.9 Å². The zero-order valence-electron chi connectivity index (χ0n) is 18.0. The molecule has 3 aromatic rings. The van der Waals surface area contributed by atoms with Gasteiger partial charge in [-0.1, -0.05) is 42.5 Å². The van der Waals surface area contributed by atoms with Gasteiger partial charge >= 0.3 is 0 Å². The molecule has 0 aliphatic carbocycles. The monoisotopic (exact) mass is 440 g/mol. The van der Waals surface area contributed by atoms with Crippen LogP contribution in [0.3, 0.4) is 0 Å². The lowest BCUT2D eigenvalue weighted by Gasteiger charge is -2.16. The Balaban J connectivity index is 1.53. The van der Waals surface area contributed by atoms with Crippen LogP contribution in [-0.2, 0) is 11.2 Å². The molecular formula is C26H24N4O3. The third-order valence-corrected chi connectivity index (χ3v) is 6.14. The Morgan fingerprint density at radius 3 is 2.55 bits per heavy atom. The average Bonchev–Trinajstić information content (AvgIpc) is 3.45. The van der Waals surface area contributed by atoms with E-state index in [1.165, 1.54) is 30.5 Å². The lowest BCUT2D eigenvalue weighted by atomic mass is 9.99. The lowest BCUT2D eigenvalue weighted by Crippen LogP contribution is -2.23. The fourth-order valence-electron chi connectivity index (χ4n) is 4.48. The molecule has 1 amide bonds. The molecule has 5 rings (SSSR count). The van der Waals surface area contributed by atoms with Crippen molar-refractivity contribution in [3.05, 3.63) is 99.6 Å². The Morgan fingerprint density at radius 1 is 1.06 bits per heavy atom. The summed E-state index contributed by atoms with van der Waals surface area (Å²) in [5.74, 6) is -0.291. The van der Waals surface area contributed by atoms with Crippen LogP contribution in [0.15, 0.2) is 72.8 Å². The third-order valence-electron chi connectivity index (χ3n) is 6.14. The highest BCUT2D eigenvalue weighted by atomic mass is 16.6. The number of benzene rings is 3. The van der Waals surface area contributed by atoms with E-state index >= 15 is 0 Å². The van der Waals surface area contributed by atoms with Crippen molar-refractivity contribution < 1.29 is 9.72 Å². The molecule has 1 atom stereocenters. The molecule has 3 N–H and O–H groups in total. The van der Waals surface area contributed by atoms with Gasteiger partial charge in [0.1, 0.15) is 0 Å². The number of rotatable bonds is 6. The van der Waals surface area contributed by atoms with Gasteiger partial charge in [0.05, 0.1) is 16.2 Å². The molecule has 0 radical (unpaired) electrons. The van der Waals surface area contributed by atoms with Gasteiger partial charge in [0.2, 0.25) is 0 Å². The molecule has 33 heavy (non-hydrogen) atoms. The van der Waals surface area contributed by atoms with Crippen LogP contribution >= 0.6 is 0 Å². The lowest BCUT2D eigenvalue weighted by molar-refractivity contribution is -0.384. The molecule has 1 saturated heterocycles. The van der Waals surface area contributed by atoms with Crippen LogP contribution in [0.4, 0.5) is 17.1 Å². The molecule has 2 heterocycles. The number of amides is 1.